The van der Waals surface area contributed by atoms with Crippen LogP contribution in [0.25, 0.3) is 5.57 Å². The number of nitrogens with zero attached hydrogens (tertiary/aromatic N) is 2. The highest BCUT2D eigenvalue weighted by molar-refractivity contribution is 9.28. The second-order valence-corrected chi connectivity index (χ2v) is 5.72. The second-order valence-electron chi connectivity index (χ2n) is 3.07. The molecule has 80 valence electrons. The molecule has 0 amide bonds. The fourth-order valence-corrected chi connectivity index (χ4v) is 2.16. The molecule has 2 aromatic heterocycles. The molecule has 2 rings (SSSR count). The van der Waals surface area contributed by atoms with Crippen LogP contribution in [0.5, 0.6) is 0 Å². The van der Waals surface area contributed by atoms with Gasteiger partial charge in [0.05, 0.1) is 14.8 Å². The molecule has 0 radical (unpaired) electrons. The number of hydrogen-bond acceptors (Lipinski definition) is 2. The van der Waals surface area contributed by atoms with Gasteiger partial charge in [0.25, 0.3) is 0 Å². The lowest BCUT2D eigenvalue weighted by atomic mass is 10.1. The first-order valence-corrected chi connectivity index (χ1v) is 6.25. The monoisotopic (exact) mass is 338 g/mol. The molecule has 0 aromatic carbocycles. The topological polar surface area (TPSA) is 25.8 Å². The fraction of sp³-hybridized carbons (Fsp3) is 0. The second kappa shape index (κ2) is 5.37. The van der Waals surface area contributed by atoms with Crippen LogP contribution in [-0.4, -0.2) is 9.97 Å². The van der Waals surface area contributed by atoms with Crippen molar-refractivity contribution in [3.8, 4) is 0 Å². The molecular weight excluding hydrogens is 332 g/mol. The Morgan fingerprint density at radius 1 is 0.812 bits per heavy atom. The van der Waals surface area contributed by atoms with Gasteiger partial charge >= 0.3 is 0 Å². The maximum absolute atomic E-state index is 4.32. The van der Waals surface area contributed by atoms with Crippen molar-refractivity contribution >= 4 is 37.4 Å². The van der Waals surface area contributed by atoms with E-state index in [4.69, 9.17) is 0 Å². The van der Waals surface area contributed by atoms with E-state index in [1.807, 2.05) is 36.4 Å². The van der Waals surface area contributed by atoms with Gasteiger partial charge in [-0.15, -0.1) is 0 Å². The molecule has 0 atom stereocenters. The third kappa shape index (κ3) is 2.57. The van der Waals surface area contributed by atoms with Crippen molar-refractivity contribution in [2.75, 3.05) is 0 Å². The van der Waals surface area contributed by atoms with Crippen LogP contribution in [0.1, 0.15) is 11.4 Å². The first-order chi connectivity index (χ1) is 7.79. The Morgan fingerprint density at radius 3 is 1.62 bits per heavy atom. The molecule has 0 aliphatic rings. The van der Waals surface area contributed by atoms with Gasteiger partial charge < -0.3 is 0 Å². The van der Waals surface area contributed by atoms with Gasteiger partial charge in [-0.1, -0.05) is 12.1 Å². The molecule has 0 aliphatic carbocycles. The molecule has 0 unspecified atom stereocenters. The van der Waals surface area contributed by atoms with Crippen LogP contribution >= 0.6 is 31.9 Å². The Bertz CT molecular complexity index is 449. The SMILES string of the molecule is BrC(Br)=C(c1ccccn1)c1ccccn1. The molecule has 0 saturated heterocycles. The molecule has 4 heteroatoms. The van der Waals surface area contributed by atoms with Crippen molar-refractivity contribution in [1.29, 1.82) is 0 Å². The van der Waals surface area contributed by atoms with Gasteiger partial charge in [-0.25, -0.2) is 0 Å². The summed E-state index contributed by atoms with van der Waals surface area (Å²) in [6.07, 6.45) is 3.53. The summed E-state index contributed by atoms with van der Waals surface area (Å²) >= 11 is 6.86. The van der Waals surface area contributed by atoms with Gasteiger partial charge in [0.1, 0.15) is 0 Å². The molecular formula is C12H8Br2N2. The standard InChI is InChI=1S/C12H8Br2N2/c13-12(14)11(9-5-1-3-7-15-9)10-6-2-4-8-16-10/h1-8H. The smallest absolute Gasteiger partial charge is 0.0740 e. The van der Waals surface area contributed by atoms with Gasteiger partial charge in [-0.2, -0.15) is 0 Å². The van der Waals surface area contributed by atoms with E-state index < -0.39 is 0 Å². The van der Waals surface area contributed by atoms with Crippen LogP contribution in [-0.2, 0) is 0 Å². The predicted octanol–water partition coefficient (Wildman–Crippen LogP) is 3.98. The molecule has 0 fully saturated rings. The first-order valence-electron chi connectivity index (χ1n) is 4.67. The van der Waals surface area contributed by atoms with Crippen LogP contribution < -0.4 is 0 Å². The summed E-state index contributed by atoms with van der Waals surface area (Å²) in [5, 5.41) is 0. The van der Waals surface area contributed by atoms with E-state index >= 15 is 0 Å². The lowest BCUT2D eigenvalue weighted by Crippen LogP contribution is -1.93. The van der Waals surface area contributed by atoms with Crippen molar-refractivity contribution < 1.29 is 0 Å². The van der Waals surface area contributed by atoms with Crippen LogP contribution in [0.15, 0.2) is 52.2 Å². The van der Waals surface area contributed by atoms with E-state index in [-0.39, 0.29) is 0 Å². The van der Waals surface area contributed by atoms with Gasteiger partial charge in [0.15, 0.2) is 0 Å². The molecule has 0 spiro atoms. The maximum atomic E-state index is 4.32. The van der Waals surface area contributed by atoms with Crippen LogP contribution in [0, 0.1) is 0 Å². The van der Waals surface area contributed by atoms with Crippen LogP contribution in [0.2, 0.25) is 0 Å². The Kier molecular flexibility index (Phi) is 3.85. The normalized spacial score (nSPS) is 9.88. The molecule has 0 saturated carbocycles. The fourth-order valence-electron chi connectivity index (χ4n) is 1.35. The largest absolute Gasteiger partial charge is 0.256 e. The number of rotatable bonds is 2. The average Bonchev–Trinajstić information content (AvgIpc) is 2.31. The highest BCUT2D eigenvalue weighted by Crippen LogP contribution is 2.30. The minimum absolute atomic E-state index is 0.845. The summed E-state index contributed by atoms with van der Waals surface area (Å²) < 4.78 is 0.845. The summed E-state index contributed by atoms with van der Waals surface area (Å²) in [4.78, 5) is 8.64. The van der Waals surface area contributed by atoms with Crippen molar-refractivity contribution in [2.24, 2.45) is 0 Å². The Labute approximate surface area is 111 Å². The Balaban J connectivity index is 2.54. The van der Waals surface area contributed by atoms with E-state index in [0.717, 1.165) is 20.4 Å². The highest BCUT2D eigenvalue weighted by Gasteiger charge is 2.10. The Hall–Kier alpha value is -1.00. The van der Waals surface area contributed by atoms with E-state index in [1.165, 1.54) is 0 Å². The summed E-state index contributed by atoms with van der Waals surface area (Å²) in [6, 6.07) is 11.6. The van der Waals surface area contributed by atoms with Crippen molar-refractivity contribution in [3.63, 3.8) is 0 Å². The van der Waals surface area contributed by atoms with Crippen molar-refractivity contribution in [1.82, 2.24) is 9.97 Å². The molecule has 0 aliphatic heterocycles. The summed E-state index contributed by atoms with van der Waals surface area (Å²) in [5.74, 6) is 0. The summed E-state index contributed by atoms with van der Waals surface area (Å²) in [5.41, 5.74) is 2.70. The molecule has 16 heavy (non-hydrogen) atoms. The third-order valence-corrected chi connectivity index (χ3v) is 2.82. The third-order valence-electron chi connectivity index (χ3n) is 2.03. The number of pyridine rings is 2. The summed E-state index contributed by atoms with van der Waals surface area (Å²) in [7, 11) is 0. The Morgan fingerprint density at radius 2 is 1.31 bits per heavy atom. The van der Waals surface area contributed by atoms with Gasteiger partial charge in [0, 0.05) is 18.0 Å². The van der Waals surface area contributed by atoms with Crippen LogP contribution in [0.3, 0.4) is 0 Å². The van der Waals surface area contributed by atoms with Gasteiger partial charge in [0.2, 0.25) is 0 Å². The average molecular weight is 340 g/mol. The first kappa shape index (κ1) is 11.5. The van der Waals surface area contributed by atoms with E-state index in [0.29, 0.717) is 0 Å². The molecule has 2 heterocycles. The van der Waals surface area contributed by atoms with Crippen LogP contribution in [0.4, 0.5) is 0 Å². The molecule has 0 bridgehead atoms. The minimum atomic E-state index is 0.845. The van der Waals surface area contributed by atoms with Crippen molar-refractivity contribution in [2.45, 2.75) is 0 Å². The minimum Gasteiger partial charge on any atom is -0.256 e. The van der Waals surface area contributed by atoms with Gasteiger partial charge in [-0.05, 0) is 56.1 Å². The van der Waals surface area contributed by atoms with E-state index in [2.05, 4.69) is 41.8 Å². The molecule has 2 aromatic rings. The molecule has 0 N–H and O–H groups in total. The van der Waals surface area contributed by atoms with Gasteiger partial charge in [-0.3, -0.25) is 9.97 Å². The lowest BCUT2D eigenvalue weighted by Gasteiger charge is -2.06. The zero-order valence-corrected chi connectivity index (χ0v) is 11.4. The summed E-state index contributed by atoms with van der Waals surface area (Å²) in [6.45, 7) is 0. The lowest BCUT2D eigenvalue weighted by molar-refractivity contribution is 1.22. The maximum Gasteiger partial charge on any atom is 0.0740 e. The molecule has 2 nitrogen and oxygen atoms in total. The van der Waals surface area contributed by atoms with E-state index in [1.54, 1.807) is 12.4 Å². The number of halogens is 2. The predicted molar refractivity (Wildman–Crippen MR) is 72.4 cm³/mol. The zero-order chi connectivity index (χ0) is 11.4. The van der Waals surface area contributed by atoms with Crippen molar-refractivity contribution in [3.05, 3.63) is 63.6 Å². The van der Waals surface area contributed by atoms with E-state index in [9.17, 15) is 0 Å². The quantitative estimate of drug-likeness (QED) is 0.826. The zero-order valence-electron chi connectivity index (χ0n) is 8.27. The highest BCUT2D eigenvalue weighted by atomic mass is 79.9. The number of hydrogen-bond donors (Lipinski definition) is 0. The number of aromatic nitrogens is 2.